The molecule has 3 saturated carbocycles. The lowest BCUT2D eigenvalue weighted by atomic mass is 9.65. The maximum absolute atomic E-state index is 5.25. The molecule has 76 valence electrons. The first kappa shape index (κ1) is 8.89. The van der Waals surface area contributed by atoms with Crippen molar-refractivity contribution in [1.29, 1.82) is 0 Å². The molecule has 0 amide bonds. The number of hydrogen-bond acceptors (Lipinski definition) is 3. The molecule has 3 nitrogen and oxygen atoms in total. The van der Waals surface area contributed by atoms with Crippen molar-refractivity contribution in [3.63, 3.8) is 0 Å². The molecule has 0 N–H and O–H groups in total. The fraction of sp³-hybridized carbons (Fsp3) is 0.800. The highest BCUT2D eigenvalue weighted by molar-refractivity contribution is 9.10. The molecule has 4 rings (SSSR count). The molecule has 1 unspecified atom stereocenters. The lowest BCUT2D eigenvalue weighted by Gasteiger charge is -2.40. The second-order valence-electron chi connectivity index (χ2n) is 4.52. The summed E-state index contributed by atoms with van der Waals surface area (Å²) in [6.45, 7) is 0. The van der Waals surface area contributed by atoms with Crippen molar-refractivity contribution in [1.82, 2.24) is 10.1 Å². The molecular weight excluding hydrogens is 244 g/mol. The Morgan fingerprint density at radius 3 is 2.50 bits per heavy atom. The Kier molecular flexibility index (Phi) is 2.11. The monoisotopic (exact) mass is 256 g/mol. The molecule has 0 radical (unpaired) electrons. The highest BCUT2D eigenvalue weighted by atomic mass is 79.9. The molecule has 1 heterocycles. The molecule has 2 bridgehead atoms. The zero-order chi connectivity index (χ0) is 9.54. The van der Waals surface area contributed by atoms with Gasteiger partial charge in [0.1, 0.15) is 0 Å². The topological polar surface area (TPSA) is 38.9 Å². The maximum Gasteiger partial charge on any atom is 0.238 e. The van der Waals surface area contributed by atoms with Crippen LogP contribution in [-0.2, 0) is 0 Å². The summed E-state index contributed by atoms with van der Waals surface area (Å²) in [6.07, 6.45) is 6.80. The van der Waals surface area contributed by atoms with Gasteiger partial charge in [-0.25, -0.2) is 0 Å². The molecule has 0 saturated heterocycles. The molecule has 0 aromatic carbocycles. The van der Waals surface area contributed by atoms with Crippen LogP contribution >= 0.6 is 15.9 Å². The summed E-state index contributed by atoms with van der Waals surface area (Å²) in [5, 5.41) is 3.81. The van der Waals surface area contributed by atoms with E-state index < -0.39 is 0 Å². The second-order valence-corrected chi connectivity index (χ2v) is 5.23. The van der Waals surface area contributed by atoms with Crippen LogP contribution in [0.3, 0.4) is 0 Å². The Bertz CT molecular complexity index is 331. The van der Waals surface area contributed by atoms with Crippen LogP contribution in [0.1, 0.15) is 43.9 Å². The third kappa shape index (κ3) is 1.40. The van der Waals surface area contributed by atoms with E-state index in [2.05, 4.69) is 26.1 Å². The van der Waals surface area contributed by atoms with Gasteiger partial charge in [0.25, 0.3) is 0 Å². The van der Waals surface area contributed by atoms with Crippen LogP contribution in [0.25, 0.3) is 0 Å². The highest BCUT2D eigenvalue weighted by Crippen LogP contribution is 2.49. The molecule has 0 spiro atoms. The van der Waals surface area contributed by atoms with Crippen molar-refractivity contribution in [3.8, 4) is 0 Å². The van der Waals surface area contributed by atoms with Crippen LogP contribution in [0.4, 0.5) is 0 Å². The molecule has 3 fully saturated rings. The Balaban J connectivity index is 1.85. The molecule has 3 aliphatic rings. The summed E-state index contributed by atoms with van der Waals surface area (Å²) in [6, 6.07) is 0. The molecular formula is C10H13BrN2O. The van der Waals surface area contributed by atoms with Crippen molar-refractivity contribution in [2.24, 2.45) is 11.8 Å². The summed E-state index contributed by atoms with van der Waals surface area (Å²) >= 11 is 3.24. The average molecular weight is 257 g/mol. The van der Waals surface area contributed by atoms with Crippen LogP contribution in [0, 0.1) is 11.8 Å². The fourth-order valence-electron chi connectivity index (χ4n) is 3.05. The van der Waals surface area contributed by atoms with Crippen molar-refractivity contribution in [2.75, 3.05) is 0 Å². The Hall–Kier alpha value is -0.380. The molecule has 1 atom stereocenters. The third-order valence-electron chi connectivity index (χ3n) is 3.78. The van der Waals surface area contributed by atoms with Crippen LogP contribution in [-0.4, -0.2) is 10.1 Å². The van der Waals surface area contributed by atoms with Gasteiger partial charge in [0.15, 0.2) is 0 Å². The van der Waals surface area contributed by atoms with Gasteiger partial charge < -0.3 is 4.52 Å². The smallest absolute Gasteiger partial charge is 0.238 e. The molecule has 4 heteroatoms. The SMILES string of the molecule is Brc1noc(C2CC3CCC2CC3)n1. The van der Waals surface area contributed by atoms with Gasteiger partial charge in [-0.05, 0) is 52.2 Å². The van der Waals surface area contributed by atoms with E-state index in [1.165, 1.54) is 32.1 Å². The number of fused-ring (bicyclic) bond motifs is 3. The van der Waals surface area contributed by atoms with Crippen LogP contribution in [0.15, 0.2) is 9.26 Å². The van der Waals surface area contributed by atoms with Gasteiger partial charge in [-0.1, -0.05) is 12.8 Å². The van der Waals surface area contributed by atoms with Crippen LogP contribution in [0.2, 0.25) is 0 Å². The zero-order valence-electron chi connectivity index (χ0n) is 7.95. The molecule has 14 heavy (non-hydrogen) atoms. The van der Waals surface area contributed by atoms with Crippen molar-refractivity contribution >= 4 is 15.9 Å². The zero-order valence-corrected chi connectivity index (χ0v) is 9.53. The second kappa shape index (κ2) is 3.33. The van der Waals surface area contributed by atoms with Gasteiger partial charge in [-0.3, -0.25) is 0 Å². The summed E-state index contributed by atoms with van der Waals surface area (Å²) in [7, 11) is 0. The van der Waals surface area contributed by atoms with Gasteiger partial charge in [-0.2, -0.15) is 4.98 Å². The van der Waals surface area contributed by atoms with Crippen molar-refractivity contribution < 1.29 is 4.52 Å². The van der Waals surface area contributed by atoms with E-state index in [0.29, 0.717) is 10.7 Å². The van der Waals surface area contributed by atoms with Crippen molar-refractivity contribution in [2.45, 2.75) is 38.0 Å². The minimum Gasteiger partial charge on any atom is -0.338 e. The first-order valence-corrected chi connectivity index (χ1v) is 6.11. The van der Waals surface area contributed by atoms with E-state index in [4.69, 9.17) is 4.52 Å². The minimum absolute atomic E-state index is 0.543. The van der Waals surface area contributed by atoms with Gasteiger partial charge in [0.2, 0.25) is 10.6 Å². The van der Waals surface area contributed by atoms with E-state index in [0.717, 1.165) is 17.7 Å². The number of hydrogen-bond donors (Lipinski definition) is 0. The number of aromatic nitrogens is 2. The van der Waals surface area contributed by atoms with Crippen LogP contribution in [0.5, 0.6) is 0 Å². The van der Waals surface area contributed by atoms with E-state index >= 15 is 0 Å². The average Bonchev–Trinajstić information content (AvgIpc) is 2.66. The first-order chi connectivity index (χ1) is 6.83. The number of halogens is 1. The normalized spacial score (nSPS) is 36.2. The maximum atomic E-state index is 5.25. The summed E-state index contributed by atoms with van der Waals surface area (Å²) in [5.74, 6) is 3.11. The van der Waals surface area contributed by atoms with Gasteiger partial charge in [0, 0.05) is 5.92 Å². The van der Waals surface area contributed by atoms with Crippen LogP contribution < -0.4 is 0 Å². The molecule has 0 aliphatic heterocycles. The van der Waals surface area contributed by atoms with Gasteiger partial charge in [0.05, 0.1) is 0 Å². The first-order valence-electron chi connectivity index (χ1n) is 5.32. The Labute approximate surface area is 91.4 Å². The molecule has 1 aromatic heterocycles. The number of nitrogens with zero attached hydrogens (tertiary/aromatic N) is 2. The fourth-order valence-corrected chi connectivity index (χ4v) is 3.29. The standard InChI is InChI=1S/C10H13BrN2O/c11-10-12-9(14-13-10)8-5-6-1-3-7(8)4-2-6/h6-8H,1-5H2. The molecule has 1 aromatic rings. The largest absolute Gasteiger partial charge is 0.338 e. The molecule has 3 aliphatic carbocycles. The summed E-state index contributed by atoms with van der Waals surface area (Å²) < 4.78 is 5.84. The predicted molar refractivity (Wildman–Crippen MR) is 54.8 cm³/mol. The lowest BCUT2D eigenvalue weighted by Crippen LogP contribution is -2.29. The quantitative estimate of drug-likeness (QED) is 0.775. The highest BCUT2D eigenvalue weighted by Gasteiger charge is 2.39. The third-order valence-corrected chi connectivity index (χ3v) is 4.10. The number of rotatable bonds is 1. The van der Waals surface area contributed by atoms with E-state index in [1.807, 2.05) is 0 Å². The predicted octanol–water partition coefficient (Wildman–Crippen LogP) is 3.13. The Morgan fingerprint density at radius 2 is 2.00 bits per heavy atom. The Morgan fingerprint density at radius 1 is 1.21 bits per heavy atom. The summed E-state index contributed by atoms with van der Waals surface area (Å²) in [5.41, 5.74) is 0. The van der Waals surface area contributed by atoms with E-state index in [-0.39, 0.29) is 0 Å². The van der Waals surface area contributed by atoms with Gasteiger partial charge in [-0.15, -0.1) is 0 Å². The van der Waals surface area contributed by atoms with Gasteiger partial charge >= 0.3 is 0 Å². The summed E-state index contributed by atoms with van der Waals surface area (Å²) in [4.78, 5) is 4.29. The minimum atomic E-state index is 0.543. The lowest BCUT2D eigenvalue weighted by molar-refractivity contribution is 0.123. The van der Waals surface area contributed by atoms with E-state index in [1.54, 1.807) is 0 Å². The van der Waals surface area contributed by atoms with Crippen molar-refractivity contribution in [3.05, 3.63) is 10.6 Å². The van der Waals surface area contributed by atoms with E-state index in [9.17, 15) is 0 Å².